The van der Waals surface area contributed by atoms with Gasteiger partial charge in [-0.25, -0.2) is 0 Å². The third-order valence-corrected chi connectivity index (χ3v) is 3.12. The minimum Gasteiger partial charge on any atom is -0.490 e. The maximum absolute atomic E-state index is 11.3. The average Bonchev–Trinajstić information content (AvgIpc) is 2.65. The molecule has 2 heterocycles. The second kappa shape index (κ2) is 3.15. The second-order valence-corrected chi connectivity index (χ2v) is 4.11. The van der Waals surface area contributed by atoms with Gasteiger partial charge in [0.25, 0.3) is 5.91 Å². The number of nitrogens with two attached hydrogens (primary N) is 1. The van der Waals surface area contributed by atoms with Gasteiger partial charge in [0.1, 0.15) is 18.1 Å². The van der Waals surface area contributed by atoms with Crippen LogP contribution in [0, 0.1) is 0 Å². The zero-order valence-electron chi connectivity index (χ0n) is 8.37. The van der Waals surface area contributed by atoms with E-state index in [-0.39, 0.29) is 0 Å². The Balaban J connectivity index is 2.46. The zero-order chi connectivity index (χ0) is 11.3. The van der Waals surface area contributed by atoms with Crippen molar-refractivity contribution in [1.82, 2.24) is 4.57 Å². The van der Waals surface area contributed by atoms with Crippen LogP contribution in [-0.2, 0) is 6.54 Å². The van der Waals surface area contributed by atoms with Gasteiger partial charge < -0.3 is 15.0 Å². The molecule has 0 aliphatic carbocycles. The summed E-state index contributed by atoms with van der Waals surface area (Å²) in [5, 5.41) is 1.41. The number of amides is 1. The summed E-state index contributed by atoms with van der Waals surface area (Å²) in [5.41, 5.74) is 6.67. The first-order valence-corrected chi connectivity index (χ1v) is 5.30. The molecule has 1 amide bonds. The normalized spacial score (nSPS) is 13.8. The quantitative estimate of drug-likeness (QED) is 0.821. The van der Waals surface area contributed by atoms with Gasteiger partial charge in [0.05, 0.1) is 17.1 Å². The molecule has 0 saturated carbocycles. The van der Waals surface area contributed by atoms with Crippen molar-refractivity contribution in [3.8, 4) is 5.75 Å². The predicted molar refractivity (Wildman–Crippen MR) is 61.0 cm³/mol. The molecule has 1 aliphatic heterocycles. The van der Waals surface area contributed by atoms with Crippen LogP contribution in [0.5, 0.6) is 5.75 Å². The van der Waals surface area contributed by atoms with Gasteiger partial charge in [0, 0.05) is 5.39 Å². The van der Waals surface area contributed by atoms with Crippen LogP contribution in [0.4, 0.5) is 0 Å². The topological polar surface area (TPSA) is 57.2 Å². The monoisotopic (exact) mass is 236 g/mol. The van der Waals surface area contributed by atoms with Crippen molar-refractivity contribution in [3.05, 3.63) is 28.9 Å². The summed E-state index contributed by atoms with van der Waals surface area (Å²) in [4.78, 5) is 11.3. The summed E-state index contributed by atoms with van der Waals surface area (Å²) < 4.78 is 7.38. The van der Waals surface area contributed by atoms with Gasteiger partial charge in [-0.1, -0.05) is 11.6 Å². The van der Waals surface area contributed by atoms with E-state index in [9.17, 15) is 4.79 Å². The first-order valence-electron chi connectivity index (χ1n) is 4.93. The van der Waals surface area contributed by atoms with Crippen molar-refractivity contribution in [2.75, 3.05) is 6.61 Å². The number of carbonyl (C=O) groups is 1. The van der Waals surface area contributed by atoms with Crippen LogP contribution in [0.2, 0.25) is 5.02 Å². The SMILES string of the molecule is NC(=O)c1cc2c(Cl)ccc3c2n1CCO3. The number of carbonyl (C=O) groups excluding carboxylic acids is 1. The van der Waals surface area contributed by atoms with Crippen molar-refractivity contribution in [2.24, 2.45) is 5.73 Å². The Kier molecular flexibility index (Phi) is 1.88. The summed E-state index contributed by atoms with van der Waals surface area (Å²) in [6.45, 7) is 1.16. The maximum Gasteiger partial charge on any atom is 0.265 e. The molecule has 1 aromatic heterocycles. The number of halogens is 1. The number of aromatic nitrogens is 1. The van der Waals surface area contributed by atoms with Crippen LogP contribution in [0.3, 0.4) is 0 Å². The number of benzene rings is 1. The van der Waals surface area contributed by atoms with Crippen molar-refractivity contribution in [2.45, 2.75) is 6.54 Å². The lowest BCUT2D eigenvalue weighted by atomic mass is 10.2. The summed E-state index contributed by atoms with van der Waals surface area (Å²) in [6, 6.07) is 5.29. The van der Waals surface area contributed by atoms with Gasteiger partial charge in [-0.05, 0) is 18.2 Å². The molecule has 0 unspecified atom stereocenters. The molecule has 0 spiro atoms. The van der Waals surface area contributed by atoms with Crippen LogP contribution in [-0.4, -0.2) is 17.1 Å². The summed E-state index contributed by atoms with van der Waals surface area (Å²) >= 11 is 6.08. The van der Waals surface area contributed by atoms with E-state index in [1.807, 2.05) is 10.6 Å². The highest BCUT2D eigenvalue weighted by Gasteiger charge is 2.21. The fourth-order valence-electron chi connectivity index (χ4n) is 2.11. The molecule has 4 nitrogen and oxygen atoms in total. The molecule has 2 N–H and O–H groups in total. The molecular weight excluding hydrogens is 228 g/mol. The third kappa shape index (κ3) is 1.13. The summed E-state index contributed by atoms with van der Waals surface area (Å²) in [6.07, 6.45) is 0. The zero-order valence-corrected chi connectivity index (χ0v) is 9.12. The number of ether oxygens (including phenoxy) is 1. The summed E-state index contributed by atoms with van der Waals surface area (Å²) in [5.74, 6) is 0.304. The van der Waals surface area contributed by atoms with Gasteiger partial charge in [-0.3, -0.25) is 4.79 Å². The van der Waals surface area contributed by atoms with Gasteiger partial charge in [-0.15, -0.1) is 0 Å². The Morgan fingerprint density at radius 2 is 2.31 bits per heavy atom. The third-order valence-electron chi connectivity index (χ3n) is 2.79. The van der Waals surface area contributed by atoms with Gasteiger partial charge in [0.15, 0.2) is 0 Å². The number of hydrogen-bond donors (Lipinski definition) is 1. The molecule has 0 fully saturated rings. The predicted octanol–water partition coefficient (Wildman–Crippen LogP) is 1.79. The van der Waals surface area contributed by atoms with Crippen molar-refractivity contribution < 1.29 is 9.53 Å². The highest BCUT2D eigenvalue weighted by molar-refractivity contribution is 6.36. The Labute approximate surface area is 96.5 Å². The van der Waals surface area contributed by atoms with Crippen LogP contribution in [0.1, 0.15) is 10.5 Å². The highest BCUT2D eigenvalue weighted by atomic mass is 35.5. The van der Waals surface area contributed by atoms with E-state index in [1.54, 1.807) is 12.1 Å². The Bertz CT molecular complexity index is 604. The minimum atomic E-state index is -0.444. The molecule has 16 heavy (non-hydrogen) atoms. The fraction of sp³-hybridized carbons (Fsp3) is 0.182. The summed E-state index contributed by atoms with van der Waals surface area (Å²) in [7, 11) is 0. The Morgan fingerprint density at radius 1 is 1.50 bits per heavy atom. The van der Waals surface area contributed by atoms with Crippen molar-refractivity contribution >= 4 is 28.4 Å². The molecule has 2 aromatic rings. The molecule has 0 saturated heterocycles. The number of rotatable bonds is 1. The number of primary amides is 1. The minimum absolute atomic E-state index is 0.444. The van der Waals surface area contributed by atoms with Crippen molar-refractivity contribution in [1.29, 1.82) is 0 Å². The van der Waals surface area contributed by atoms with Crippen molar-refractivity contribution in [3.63, 3.8) is 0 Å². The van der Waals surface area contributed by atoms with E-state index in [4.69, 9.17) is 22.1 Å². The molecule has 0 atom stereocenters. The van der Waals surface area contributed by atoms with Crippen LogP contribution < -0.4 is 10.5 Å². The largest absolute Gasteiger partial charge is 0.490 e. The standard InChI is InChI=1S/C11H9ClN2O2/c12-7-1-2-9-10-6(7)5-8(11(13)15)14(10)3-4-16-9/h1-2,5H,3-4H2,(H2,13,15). The lowest BCUT2D eigenvalue weighted by Crippen LogP contribution is -2.21. The van der Waals surface area contributed by atoms with Gasteiger partial charge in [-0.2, -0.15) is 0 Å². The second-order valence-electron chi connectivity index (χ2n) is 3.70. The molecule has 3 rings (SSSR count). The van der Waals surface area contributed by atoms with E-state index in [0.29, 0.717) is 23.9 Å². The first kappa shape index (κ1) is 9.54. The smallest absolute Gasteiger partial charge is 0.265 e. The lowest BCUT2D eigenvalue weighted by Gasteiger charge is -2.18. The molecule has 0 bridgehead atoms. The number of hydrogen-bond acceptors (Lipinski definition) is 2. The number of nitrogens with zero attached hydrogens (tertiary/aromatic N) is 1. The fourth-order valence-corrected chi connectivity index (χ4v) is 2.32. The maximum atomic E-state index is 11.3. The van der Waals surface area contributed by atoms with E-state index < -0.39 is 5.91 Å². The van der Waals surface area contributed by atoms with E-state index >= 15 is 0 Å². The van der Waals surface area contributed by atoms with E-state index in [2.05, 4.69) is 0 Å². The van der Waals surface area contributed by atoms with E-state index in [1.165, 1.54) is 0 Å². The Morgan fingerprint density at radius 3 is 3.06 bits per heavy atom. The molecule has 5 heteroatoms. The van der Waals surface area contributed by atoms with E-state index in [0.717, 1.165) is 16.7 Å². The molecular formula is C11H9ClN2O2. The van der Waals surface area contributed by atoms with Crippen LogP contribution in [0.15, 0.2) is 18.2 Å². The Hall–Kier alpha value is -1.68. The average molecular weight is 237 g/mol. The van der Waals surface area contributed by atoms with Gasteiger partial charge in [0.2, 0.25) is 0 Å². The highest BCUT2D eigenvalue weighted by Crippen LogP contribution is 2.36. The van der Waals surface area contributed by atoms with Crippen LogP contribution in [0.25, 0.3) is 10.9 Å². The molecule has 1 aliphatic rings. The first-order chi connectivity index (χ1) is 7.68. The molecule has 82 valence electrons. The van der Waals surface area contributed by atoms with Crippen LogP contribution >= 0.6 is 11.6 Å². The lowest BCUT2D eigenvalue weighted by molar-refractivity contribution is 0.0990. The van der Waals surface area contributed by atoms with Gasteiger partial charge >= 0.3 is 0 Å². The molecule has 0 radical (unpaired) electrons. The molecule has 1 aromatic carbocycles.